The van der Waals surface area contributed by atoms with Crippen molar-refractivity contribution in [2.75, 3.05) is 0 Å². The first kappa shape index (κ1) is 8.23. The maximum Gasteiger partial charge on any atom is 0.134 e. The Bertz CT molecular complexity index is 436. The molecule has 0 aliphatic carbocycles. The molecule has 1 aromatic heterocycles. The summed E-state index contributed by atoms with van der Waals surface area (Å²) in [5.74, 6) is 0.293. The minimum Gasteiger partial charge on any atom is -0.506 e. The van der Waals surface area contributed by atoms with Gasteiger partial charge >= 0.3 is 0 Å². The Hall–Kier alpha value is -0.380. The van der Waals surface area contributed by atoms with Crippen LogP contribution >= 0.6 is 35.6 Å². The summed E-state index contributed by atoms with van der Waals surface area (Å²) < 4.78 is 0.934. The molecule has 2 aromatic rings. The van der Waals surface area contributed by atoms with E-state index in [4.69, 9.17) is 11.6 Å². The van der Waals surface area contributed by atoms with Gasteiger partial charge in [-0.05, 0) is 12.1 Å². The molecule has 0 atom stereocenters. The van der Waals surface area contributed by atoms with E-state index in [2.05, 4.69) is 12.6 Å². The number of rotatable bonds is 0. The Morgan fingerprint density at radius 2 is 2.17 bits per heavy atom. The third kappa shape index (κ3) is 1.09. The van der Waals surface area contributed by atoms with Crippen molar-refractivity contribution in [2.24, 2.45) is 0 Å². The van der Waals surface area contributed by atoms with Crippen molar-refractivity contribution in [1.29, 1.82) is 0 Å². The Morgan fingerprint density at radius 3 is 2.92 bits per heavy atom. The van der Waals surface area contributed by atoms with Crippen LogP contribution in [0.25, 0.3) is 10.1 Å². The lowest BCUT2D eigenvalue weighted by atomic mass is 10.2. The monoisotopic (exact) mass is 216 g/mol. The van der Waals surface area contributed by atoms with Crippen molar-refractivity contribution < 1.29 is 5.11 Å². The van der Waals surface area contributed by atoms with Crippen molar-refractivity contribution in [3.8, 4) is 5.75 Å². The summed E-state index contributed by atoms with van der Waals surface area (Å²) in [6.07, 6.45) is 0. The van der Waals surface area contributed by atoms with Crippen LogP contribution in [0.15, 0.2) is 22.4 Å². The van der Waals surface area contributed by atoms with Crippen LogP contribution in [0.2, 0.25) is 5.02 Å². The van der Waals surface area contributed by atoms with E-state index in [1.807, 2.05) is 0 Å². The standard InChI is InChI=1S/C8H5ClOS2/c9-5-2-1-4-6(10)3-12-8(4)7(5)11/h1-3,10-11H. The Morgan fingerprint density at radius 1 is 1.42 bits per heavy atom. The van der Waals surface area contributed by atoms with E-state index >= 15 is 0 Å². The molecule has 0 saturated heterocycles. The molecule has 0 unspecified atom stereocenters. The Kier molecular flexibility index (Phi) is 1.94. The van der Waals surface area contributed by atoms with E-state index in [-0.39, 0.29) is 0 Å². The third-order valence-corrected chi connectivity index (χ3v) is 3.71. The van der Waals surface area contributed by atoms with Crippen LogP contribution in [0, 0.1) is 0 Å². The van der Waals surface area contributed by atoms with Crippen LogP contribution < -0.4 is 0 Å². The molecule has 0 fully saturated rings. The molecule has 0 aliphatic rings. The average Bonchev–Trinajstić information content (AvgIpc) is 2.41. The number of fused-ring (bicyclic) bond motifs is 1. The normalized spacial score (nSPS) is 10.8. The summed E-state index contributed by atoms with van der Waals surface area (Å²) in [5.41, 5.74) is 0. The zero-order valence-corrected chi connectivity index (χ0v) is 8.38. The molecular weight excluding hydrogens is 212 g/mol. The van der Waals surface area contributed by atoms with Crippen molar-refractivity contribution >= 4 is 45.7 Å². The molecule has 0 amide bonds. The summed E-state index contributed by atoms with van der Waals surface area (Å²) in [4.78, 5) is 0.736. The zero-order chi connectivity index (χ0) is 8.72. The summed E-state index contributed by atoms with van der Waals surface area (Å²) >= 11 is 11.5. The summed E-state index contributed by atoms with van der Waals surface area (Å²) in [7, 11) is 0. The smallest absolute Gasteiger partial charge is 0.134 e. The number of hydrogen-bond donors (Lipinski definition) is 2. The molecule has 1 N–H and O–H groups in total. The topological polar surface area (TPSA) is 20.2 Å². The highest BCUT2D eigenvalue weighted by molar-refractivity contribution is 7.81. The first-order chi connectivity index (χ1) is 5.70. The fraction of sp³-hybridized carbons (Fsp3) is 0. The minimum atomic E-state index is 0.293. The maximum absolute atomic E-state index is 9.36. The highest BCUT2D eigenvalue weighted by Crippen LogP contribution is 2.38. The fourth-order valence-electron chi connectivity index (χ4n) is 1.05. The largest absolute Gasteiger partial charge is 0.506 e. The van der Waals surface area contributed by atoms with Gasteiger partial charge in [0.05, 0.1) is 9.72 Å². The molecule has 1 aromatic carbocycles. The van der Waals surface area contributed by atoms with Crippen molar-refractivity contribution in [3.63, 3.8) is 0 Å². The zero-order valence-electron chi connectivity index (χ0n) is 5.91. The van der Waals surface area contributed by atoms with Gasteiger partial charge in [-0.1, -0.05) is 11.6 Å². The predicted molar refractivity (Wildman–Crippen MR) is 55.8 cm³/mol. The molecule has 2 rings (SSSR count). The van der Waals surface area contributed by atoms with Gasteiger partial charge in [-0.15, -0.1) is 24.0 Å². The van der Waals surface area contributed by atoms with Crippen LogP contribution in [0.4, 0.5) is 0 Å². The molecule has 0 aliphatic heterocycles. The molecular formula is C8H5ClOS2. The number of hydrogen-bond acceptors (Lipinski definition) is 3. The van der Waals surface area contributed by atoms with E-state index in [0.29, 0.717) is 10.8 Å². The van der Waals surface area contributed by atoms with Gasteiger partial charge in [0.15, 0.2) is 0 Å². The molecule has 1 nitrogen and oxygen atoms in total. The molecule has 1 heterocycles. The molecule has 0 bridgehead atoms. The summed E-state index contributed by atoms with van der Waals surface area (Å²) in [6.45, 7) is 0. The Balaban J connectivity index is 2.93. The van der Waals surface area contributed by atoms with E-state index < -0.39 is 0 Å². The Labute approximate surface area is 84.0 Å². The van der Waals surface area contributed by atoms with Crippen molar-refractivity contribution in [3.05, 3.63) is 22.5 Å². The van der Waals surface area contributed by atoms with Gasteiger partial charge in [0.25, 0.3) is 0 Å². The fourth-order valence-corrected chi connectivity index (χ4v) is 2.49. The molecule has 0 saturated carbocycles. The molecule has 0 spiro atoms. The summed E-state index contributed by atoms with van der Waals surface area (Å²) in [6, 6.07) is 3.53. The van der Waals surface area contributed by atoms with Crippen LogP contribution in [0.1, 0.15) is 0 Å². The van der Waals surface area contributed by atoms with Crippen LogP contribution in [0.3, 0.4) is 0 Å². The first-order valence-electron chi connectivity index (χ1n) is 3.28. The highest BCUT2D eigenvalue weighted by atomic mass is 35.5. The lowest BCUT2D eigenvalue weighted by Crippen LogP contribution is -1.69. The van der Waals surface area contributed by atoms with Gasteiger partial charge in [0.2, 0.25) is 0 Å². The molecule has 4 heteroatoms. The van der Waals surface area contributed by atoms with Gasteiger partial charge < -0.3 is 5.11 Å². The van der Waals surface area contributed by atoms with Crippen LogP contribution in [-0.2, 0) is 0 Å². The van der Waals surface area contributed by atoms with Gasteiger partial charge in [-0.25, -0.2) is 0 Å². The number of thiophene rings is 1. The number of benzene rings is 1. The van der Waals surface area contributed by atoms with E-state index in [0.717, 1.165) is 15.0 Å². The quantitative estimate of drug-likeness (QED) is 0.646. The SMILES string of the molecule is Oc1csc2c(S)c(Cl)ccc12. The van der Waals surface area contributed by atoms with E-state index in [9.17, 15) is 5.11 Å². The van der Waals surface area contributed by atoms with Gasteiger partial charge in [-0.2, -0.15) is 0 Å². The molecule has 0 radical (unpaired) electrons. The van der Waals surface area contributed by atoms with Gasteiger partial charge in [-0.3, -0.25) is 0 Å². The minimum absolute atomic E-state index is 0.293. The average molecular weight is 217 g/mol. The second-order valence-corrected chi connectivity index (χ2v) is 4.13. The lowest BCUT2D eigenvalue weighted by Gasteiger charge is -1.97. The lowest BCUT2D eigenvalue weighted by molar-refractivity contribution is 0.483. The number of thiol groups is 1. The van der Waals surface area contributed by atoms with E-state index in [1.165, 1.54) is 11.3 Å². The summed E-state index contributed by atoms with van der Waals surface area (Å²) in [5, 5.41) is 12.5. The van der Waals surface area contributed by atoms with Crippen LogP contribution in [0.5, 0.6) is 5.75 Å². The van der Waals surface area contributed by atoms with Gasteiger partial charge in [0, 0.05) is 15.7 Å². The number of halogens is 1. The molecule has 12 heavy (non-hydrogen) atoms. The van der Waals surface area contributed by atoms with Crippen molar-refractivity contribution in [2.45, 2.75) is 4.90 Å². The molecule has 62 valence electrons. The highest BCUT2D eigenvalue weighted by Gasteiger charge is 2.07. The number of aromatic hydroxyl groups is 1. The van der Waals surface area contributed by atoms with E-state index in [1.54, 1.807) is 17.5 Å². The first-order valence-corrected chi connectivity index (χ1v) is 4.98. The predicted octanol–water partition coefficient (Wildman–Crippen LogP) is 3.55. The maximum atomic E-state index is 9.36. The second kappa shape index (κ2) is 2.83. The van der Waals surface area contributed by atoms with Crippen molar-refractivity contribution in [1.82, 2.24) is 0 Å². The van der Waals surface area contributed by atoms with Crippen LogP contribution in [-0.4, -0.2) is 5.11 Å². The van der Waals surface area contributed by atoms with Gasteiger partial charge in [0.1, 0.15) is 5.75 Å². The second-order valence-electron chi connectivity index (χ2n) is 2.39. The third-order valence-electron chi connectivity index (χ3n) is 1.65.